The second-order valence-electron chi connectivity index (χ2n) is 5.26. The smallest absolute Gasteiger partial charge is 0.128 e. The van der Waals surface area contributed by atoms with Crippen LogP contribution in [0.15, 0.2) is 18.2 Å². The van der Waals surface area contributed by atoms with Crippen LogP contribution in [0.25, 0.3) is 0 Å². The Morgan fingerprint density at radius 1 is 1.42 bits per heavy atom. The summed E-state index contributed by atoms with van der Waals surface area (Å²) in [6, 6.07) is 5.03. The Balaban J connectivity index is 1.95. The molecule has 3 heteroatoms. The summed E-state index contributed by atoms with van der Waals surface area (Å²) < 4.78 is 13.9. The van der Waals surface area contributed by atoms with Crippen molar-refractivity contribution in [2.24, 2.45) is 5.92 Å². The average molecular weight is 261 g/mol. The van der Waals surface area contributed by atoms with E-state index >= 15 is 0 Å². The van der Waals surface area contributed by atoms with Crippen molar-refractivity contribution < 1.29 is 9.50 Å². The number of halogens is 1. The third kappa shape index (κ3) is 4.05. The standard InChI is InChI=1S/C16H20FNO/c1-18(11-14-4-2-5-14)12-15-8-7-13(6-3-9-19)10-16(15)17/h7-8,10,14,19H,2,4-5,9,11-12H2,1H3. The highest BCUT2D eigenvalue weighted by molar-refractivity contribution is 5.37. The van der Waals surface area contributed by atoms with Gasteiger partial charge in [-0.05, 0) is 37.9 Å². The molecule has 0 unspecified atom stereocenters. The molecule has 0 aliphatic heterocycles. The van der Waals surface area contributed by atoms with Gasteiger partial charge >= 0.3 is 0 Å². The van der Waals surface area contributed by atoms with Crippen molar-refractivity contribution in [1.82, 2.24) is 4.90 Å². The van der Waals surface area contributed by atoms with Gasteiger partial charge in [-0.25, -0.2) is 4.39 Å². The van der Waals surface area contributed by atoms with Gasteiger partial charge < -0.3 is 10.0 Å². The second kappa shape index (κ2) is 6.70. The lowest BCUT2D eigenvalue weighted by molar-refractivity contribution is 0.199. The number of nitrogens with zero attached hydrogens (tertiary/aromatic N) is 1. The minimum Gasteiger partial charge on any atom is -0.384 e. The normalized spacial score (nSPS) is 14.9. The number of benzene rings is 1. The van der Waals surface area contributed by atoms with E-state index in [9.17, 15) is 4.39 Å². The van der Waals surface area contributed by atoms with Crippen molar-refractivity contribution in [2.45, 2.75) is 25.8 Å². The third-order valence-corrected chi connectivity index (χ3v) is 3.60. The second-order valence-corrected chi connectivity index (χ2v) is 5.26. The van der Waals surface area contributed by atoms with Gasteiger partial charge in [-0.1, -0.05) is 24.3 Å². The Morgan fingerprint density at radius 2 is 2.21 bits per heavy atom. The van der Waals surface area contributed by atoms with Gasteiger partial charge in [-0.15, -0.1) is 0 Å². The summed E-state index contributed by atoms with van der Waals surface area (Å²) in [5.41, 5.74) is 1.31. The van der Waals surface area contributed by atoms with Crippen molar-refractivity contribution >= 4 is 0 Å². The molecule has 2 rings (SSSR count). The molecule has 0 bridgehead atoms. The molecule has 0 atom stereocenters. The summed E-state index contributed by atoms with van der Waals surface area (Å²) >= 11 is 0. The highest BCUT2D eigenvalue weighted by atomic mass is 19.1. The molecule has 1 aliphatic carbocycles. The minimum absolute atomic E-state index is 0.201. The molecule has 0 aromatic heterocycles. The van der Waals surface area contributed by atoms with E-state index < -0.39 is 0 Å². The summed E-state index contributed by atoms with van der Waals surface area (Å²) in [6.45, 7) is 1.48. The predicted octanol–water partition coefficient (Wildman–Crippen LogP) is 2.40. The van der Waals surface area contributed by atoms with Crippen molar-refractivity contribution in [3.8, 4) is 11.8 Å². The quantitative estimate of drug-likeness (QED) is 0.841. The Hall–Kier alpha value is -1.37. The van der Waals surface area contributed by atoms with Crippen LogP contribution in [-0.4, -0.2) is 30.2 Å². The van der Waals surface area contributed by atoms with Gasteiger partial charge in [0.25, 0.3) is 0 Å². The van der Waals surface area contributed by atoms with Crippen molar-refractivity contribution in [3.05, 3.63) is 35.1 Å². The van der Waals surface area contributed by atoms with Crippen LogP contribution in [0.2, 0.25) is 0 Å². The number of aliphatic hydroxyl groups is 1. The lowest BCUT2D eigenvalue weighted by Crippen LogP contribution is -2.29. The largest absolute Gasteiger partial charge is 0.384 e. The van der Waals surface area contributed by atoms with Crippen LogP contribution in [-0.2, 0) is 6.54 Å². The molecule has 1 fully saturated rings. The molecular formula is C16H20FNO. The topological polar surface area (TPSA) is 23.5 Å². The van der Waals surface area contributed by atoms with Gasteiger partial charge in [0, 0.05) is 24.2 Å². The summed E-state index contributed by atoms with van der Waals surface area (Å²) in [5, 5.41) is 8.61. The Labute approximate surface area is 114 Å². The zero-order valence-corrected chi connectivity index (χ0v) is 11.3. The average Bonchev–Trinajstić information content (AvgIpc) is 2.34. The van der Waals surface area contributed by atoms with E-state index in [1.165, 1.54) is 25.3 Å². The highest BCUT2D eigenvalue weighted by Gasteiger charge is 2.19. The molecule has 0 spiro atoms. The first-order valence-corrected chi connectivity index (χ1v) is 6.75. The van der Waals surface area contributed by atoms with E-state index in [1.807, 2.05) is 7.05 Å². The molecule has 1 aromatic rings. The van der Waals surface area contributed by atoms with E-state index in [-0.39, 0.29) is 12.4 Å². The fourth-order valence-corrected chi connectivity index (χ4v) is 2.37. The molecule has 2 nitrogen and oxygen atoms in total. The summed E-state index contributed by atoms with van der Waals surface area (Å²) in [4.78, 5) is 2.18. The Morgan fingerprint density at radius 3 is 2.79 bits per heavy atom. The SMILES string of the molecule is CN(Cc1ccc(C#CCO)cc1F)CC1CCC1. The van der Waals surface area contributed by atoms with Crippen LogP contribution in [0.5, 0.6) is 0 Å². The first-order valence-electron chi connectivity index (χ1n) is 6.75. The summed E-state index contributed by atoms with van der Waals surface area (Å²) in [7, 11) is 2.04. The number of hydrogen-bond donors (Lipinski definition) is 1. The monoisotopic (exact) mass is 261 g/mol. The summed E-state index contributed by atoms with van der Waals surface area (Å²) in [6.07, 6.45) is 3.95. The fourth-order valence-electron chi connectivity index (χ4n) is 2.37. The van der Waals surface area contributed by atoms with E-state index in [4.69, 9.17) is 5.11 Å². The molecular weight excluding hydrogens is 241 g/mol. The van der Waals surface area contributed by atoms with Crippen LogP contribution in [0, 0.1) is 23.6 Å². The van der Waals surface area contributed by atoms with Crippen LogP contribution in [0.4, 0.5) is 4.39 Å². The van der Waals surface area contributed by atoms with E-state index in [0.29, 0.717) is 17.7 Å². The first-order chi connectivity index (χ1) is 9.19. The van der Waals surface area contributed by atoms with Gasteiger partial charge in [0.1, 0.15) is 12.4 Å². The van der Waals surface area contributed by atoms with Gasteiger partial charge in [0.2, 0.25) is 0 Å². The van der Waals surface area contributed by atoms with Gasteiger partial charge in [0.15, 0.2) is 0 Å². The first kappa shape index (κ1) is 14.0. The van der Waals surface area contributed by atoms with Crippen LogP contribution in [0.1, 0.15) is 30.4 Å². The third-order valence-electron chi connectivity index (χ3n) is 3.60. The molecule has 0 heterocycles. The molecule has 1 aliphatic rings. The van der Waals surface area contributed by atoms with Crippen molar-refractivity contribution in [3.63, 3.8) is 0 Å². The highest BCUT2D eigenvalue weighted by Crippen LogP contribution is 2.27. The molecule has 0 amide bonds. The molecule has 0 saturated heterocycles. The molecule has 102 valence electrons. The predicted molar refractivity (Wildman–Crippen MR) is 74.0 cm³/mol. The lowest BCUT2D eigenvalue weighted by atomic mass is 9.85. The van der Waals surface area contributed by atoms with Crippen LogP contribution in [0.3, 0.4) is 0 Å². The van der Waals surface area contributed by atoms with Gasteiger partial charge in [-0.2, -0.15) is 0 Å². The minimum atomic E-state index is -0.217. The van der Waals surface area contributed by atoms with Gasteiger partial charge in [0.05, 0.1) is 0 Å². The summed E-state index contributed by atoms with van der Waals surface area (Å²) in [5.74, 6) is 5.81. The van der Waals surface area contributed by atoms with E-state index in [1.54, 1.807) is 12.1 Å². The maximum atomic E-state index is 13.9. The fraction of sp³-hybridized carbons (Fsp3) is 0.500. The zero-order valence-electron chi connectivity index (χ0n) is 11.3. The number of aliphatic hydroxyl groups excluding tert-OH is 1. The van der Waals surface area contributed by atoms with E-state index in [0.717, 1.165) is 12.5 Å². The van der Waals surface area contributed by atoms with Crippen molar-refractivity contribution in [1.29, 1.82) is 0 Å². The molecule has 19 heavy (non-hydrogen) atoms. The molecule has 1 saturated carbocycles. The number of rotatable bonds is 4. The molecule has 0 radical (unpaired) electrons. The Bertz CT molecular complexity index is 485. The molecule has 1 aromatic carbocycles. The maximum absolute atomic E-state index is 13.9. The molecule has 1 N–H and O–H groups in total. The van der Waals surface area contributed by atoms with Gasteiger partial charge in [-0.3, -0.25) is 0 Å². The Kier molecular flexibility index (Phi) is 4.95. The number of hydrogen-bond acceptors (Lipinski definition) is 2. The lowest BCUT2D eigenvalue weighted by Gasteiger charge is -2.30. The zero-order chi connectivity index (χ0) is 13.7. The maximum Gasteiger partial charge on any atom is 0.128 e. The van der Waals surface area contributed by atoms with Crippen LogP contribution >= 0.6 is 0 Å². The van der Waals surface area contributed by atoms with E-state index in [2.05, 4.69) is 16.7 Å². The van der Waals surface area contributed by atoms with Crippen LogP contribution < -0.4 is 0 Å². The van der Waals surface area contributed by atoms with Crippen molar-refractivity contribution in [2.75, 3.05) is 20.2 Å².